The highest BCUT2D eigenvalue weighted by Gasteiger charge is 2.47. The first-order valence-electron chi connectivity index (χ1n) is 10.8. The minimum atomic E-state index is -0.700. The van der Waals surface area contributed by atoms with Crippen molar-refractivity contribution >= 4 is 11.6 Å². The second-order valence-corrected chi connectivity index (χ2v) is 7.75. The largest absolute Gasteiger partial charge is 0.493 e. The number of nitrogens with two attached hydrogens (primary N) is 1. The zero-order chi connectivity index (χ0) is 24.2. The van der Waals surface area contributed by atoms with Crippen molar-refractivity contribution in [1.29, 1.82) is 0 Å². The van der Waals surface area contributed by atoms with Crippen LogP contribution in [0, 0.1) is 0 Å². The van der Waals surface area contributed by atoms with Crippen LogP contribution in [0.15, 0.2) is 60.7 Å². The summed E-state index contributed by atoms with van der Waals surface area (Å²) in [5.41, 5.74) is 8.71. The van der Waals surface area contributed by atoms with Crippen molar-refractivity contribution in [2.75, 3.05) is 33.3 Å². The number of rotatable bonds is 9. The third-order valence-corrected chi connectivity index (χ3v) is 5.83. The molecule has 1 aliphatic heterocycles. The minimum Gasteiger partial charge on any atom is -0.493 e. The first kappa shape index (κ1) is 23.3. The van der Waals surface area contributed by atoms with Crippen molar-refractivity contribution in [1.82, 2.24) is 0 Å². The second-order valence-electron chi connectivity index (χ2n) is 7.75. The number of hydrogen-bond acceptors (Lipinski definition) is 7. The van der Waals surface area contributed by atoms with Crippen LogP contribution in [0.25, 0.3) is 0 Å². The average Bonchev–Trinajstić information content (AvgIpc) is 2.89. The quantitative estimate of drug-likeness (QED) is 0.483. The first-order valence-corrected chi connectivity index (χ1v) is 10.8. The number of anilines is 1. The van der Waals surface area contributed by atoms with Crippen LogP contribution in [0.3, 0.4) is 0 Å². The van der Waals surface area contributed by atoms with Crippen molar-refractivity contribution in [2.24, 2.45) is 5.73 Å². The van der Waals surface area contributed by atoms with E-state index in [-0.39, 0.29) is 5.91 Å². The summed E-state index contributed by atoms with van der Waals surface area (Å²) >= 11 is 0. The van der Waals surface area contributed by atoms with E-state index in [1.54, 1.807) is 24.1 Å². The summed E-state index contributed by atoms with van der Waals surface area (Å²) in [6.45, 7) is 0.382. The van der Waals surface area contributed by atoms with Crippen molar-refractivity contribution in [2.45, 2.75) is 18.7 Å². The molecule has 4 rings (SSSR count). The maximum absolute atomic E-state index is 12.9. The Hall–Kier alpha value is -3.91. The number of carbonyl (C=O) groups is 1. The Labute approximate surface area is 198 Å². The van der Waals surface area contributed by atoms with Crippen molar-refractivity contribution in [3.8, 4) is 28.7 Å². The number of amides is 1. The summed E-state index contributed by atoms with van der Waals surface area (Å²) in [5.74, 6) is 2.31. The van der Waals surface area contributed by atoms with Crippen LogP contribution in [-0.4, -0.2) is 40.4 Å². The Morgan fingerprint density at radius 3 is 2.03 bits per heavy atom. The lowest BCUT2D eigenvalue weighted by Crippen LogP contribution is -2.63. The van der Waals surface area contributed by atoms with Crippen molar-refractivity contribution in [3.05, 3.63) is 71.8 Å². The average molecular weight is 465 g/mol. The van der Waals surface area contributed by atoms with Crippen LogP contribution < -0.4 is 34.3 Å². The molecular weight excluding hydrogens is 436 g/mol. The third-order valence-electron chi connectivity index (χ3n) is 5.83. The third kappa shape index (κ3) is 4.20. The van der Waals surface area contributed by atoms with Gasteiger partial charge in [0.15, 0.2) is 23.0 Å². The lowest BCUT2D eigenvalue weighted by Gasteiger charge is -2.45. The van der Waals surface area contributed by atoms with Crippen LogP contribution in [0.4, 0.5) is 5.69 Å². The molecule has 1 heterocycles. The Kier molecular flexibility index (Phi) is 6.79. The van der Waals surface area contributed by atoms with Crippen molar-refractivity contribution < 1.29 is 28.5 Å². The van der Waals surface area contributed by atoms with Gasteiger partial charge in [0.2, 0.25) is 11.7 Å². The van der Waals surface area contributed by atoms with Gasteiger partial charge in [-0.05, 0) is 23.3 Å². The highest BCUT2D eigenvalue weighted by Crippen LogP contribution is 2.46. The van der Waals surface area contributed by atoms with E-state index in [1.165, 1.54) is 21.3 Å². The van der Waals surface area contributed by atoms with Crippen molar-refractivity contribution in [3.63, 3.8) is 0 Å². The molecule has 0 aliphatic carbocycles. The van der Waals surface area contributed by atoms with Gasteiger partial charge < -0.3 is 34.3 Å². The highest BCUT2D eigenvalue weighted by molar-refractivity contribution is 6.06. The van der Waals surface area contributed by atoms with Crippen LogP contribution in [0.1, 0.15) is 17.2 Å². The van der Waals surface area contributed by atoms with Crippen LogP contribution in [-0.2, 0) is 11.4 Å². The van der Waals surface area contributed by atoms with Gasteiger partial charge >= 0.3 is 0 Å². The number of methoxy groups -OCH3 is 4. The molecule has 1 fully saturated rings. The maximum atomic E-state index is 12.9. The molecule has 0 spiro atoms. The fraction of sp³-hybridized carbons (Fsp3) is 0.269. The summed E-state index contributed by atoms with van der Waals surface area (Å²) in [6, 6.07) is 17.8. The zero-order valence-electron chi connectivity index (χ0n) is 19.6. The molecule has 178 valence electrons. The molecule has 2 N–H and O–H groups in total. The normalized spacial score (nSPS) is 17.1. The zero-order valence-corrected chi connectivity index (χ0v) is 19.6. The van der Waals surface area contributed by atoms with E-state index < -0.39 is 12.1 Å². The topological polar surface area (TPSA) is 92.5 Å². The smallest absolute Gasteiger partial charge is 0.247 e. The number of β-lactam (4-membered cyclic amide) rings is 1. The van der Waals surface area contributed by atoms with Gasteiger partial charge in [-0.1, -0.05) is 36.4 Å². The lowest BCUT2D eigenvalue weighted by atomic mass is 9.88. The van der Waals surface area contributed by atoms with E-state index in [4.69, 9.17) is 29.4 Å². The molecule has 1 amide bonds. The summed E-state index contributed by atoms with van der Waals surface area (Å²) in [5, 5.41) is 0. The Morgan fingerprint density at radius 1 is 0.794 bits per heavy atom. The molecule has 1 unspecified atom stereocenters. The van der Waals surface area contributed by atoms with E-state index in [9.17, 15) is 4.79 Å². The van der Waals surface area contributed by atoms with E-state index in [2.05, 4.69) is 0 Å². The number of ether oxygens (including phenoxy) is 5. The van der Waals surface area contributed by atoms with Gasteiger partial charge in [0.1, 0.15) is 12.6 Å². The Balaban J connectivity index is 1.67. The monoisotopic (exact) mass is 464 g/mol. The van der Waals surface area contributed by atoms with E-state index >= 15 is 0 Å². The van der Waals surface area contributed by atoms with E-state index in [0.29, 0.717) is 41.0 Å². The molecule has 0 bridgehead atoms. The molecule has 3 aromatic rings. The van der Waals surface area contributed by atoms with Gasteiger partial charge in [-0.15, -0.1) is 0 Å². The summed E-state index contributed by atoms with van der Waals surface area (Å²) in [4.78, 5) is 14.5. The van der Waals surface area contributed by atoms with E-state index in [1.807, 2.05) is 48.5 Å². The second kappa shape index (κ2) is 9.93. The highest BCUT2D eigenvalue weighted by atomic mass is 16.5. The van der Waals surface area contributed by atoms with Crippen LogP contribution in [0.5, 0.6) is 28.7 Å². The molecule has 0 radical (unpaired) electrons. The molecular formula is C26H28N2O6. The van der Waals surface area contributed by atoms with Gasteiger partial charge in [0.25, 0.3) is 0 Å². The van der Waals surface area contributed by atoms with Gasteiger partial charge in [-0.3, -0.25) is 4.79 Å². The first-order chi connectivity index (χ1) is 16.5. The minimum absolute atomic E-state index is 0.207. The summed E-state index contributed by atoms with van der Waals surface area (Å²) < 4.78 is 27.8. The van der Waals surface area contributed by atoms with Gasteiger partial charge in [-0.25, -0.2) is 0 Å². The maximum Gasteiger partial charge on any atom is 0.247 e. The Morgan fingerprint density at radius 2 is 1.44 bits per heavy atom. The standard InChI is InChI=1S/C26H28N2O6/c1-30-19-11-10-17(12-20(19)34-15-16-8-6-5-7-9-16)24-23(27)26(29)28(24)18-13-21(31-2)25(33-4)22(14-18)32-3/h5-14,23-24H,15,27H2,1-4H3/t23?,24-/m0/s1. The van der Waals surface area contributed by atoms with Gasteiger partial charge in [0, 0.05) is 12.1 Å². The summed E-state index contributed by atoms with van der Waals surface area (Å²) in [6.07, 6.45) is 0. The van der Waals surface area contributed by atoms with Gasteiger partial charge in [0.05, 0.1) is 40.2 Å². The molecule has 0 aromatic heterocycles. The number of carbonyl (C=O) groups excluding carboxylic acids is 1. The fourth-order valence-corrected chi connectivity index (χ4v) is 4.09. The molecule has 1 aliphatic rings. The lowest BCUT2D eigenvalue weighted by molar-refractivity contribution is -0.126. The molecule has 0 saturated carbocycles. The van der Waals surface area contributed by atoms with E-state index in [0.717, 1.165) is 11.1 Å². The Bertz CT molecular complexity index is 1140. The summed E-state index contributed by atoms with van der Waals surface area (Å²) in [7, 11) is 6.18. The number of hydrogen-bond donors (Lipinski definition) is 1. The predicted octanol–water partition coefficient (Wildman–Crippen LogP) is 3.72. The SMILES string of the molecule is COc1ccc([C@H]2C(N)C(=O)N2c2cc(OC)c(OC)c(OC)c2)cc1OCc1ccccc1. The van der Waals surface area contributed by atoms with Crippen LogP contribution >= 0.6 is 0 Å². The molecule has 8 heteroatoms. The van der Waals surface area contributed by atoms with Gasteiger partial charge in [-0.2, -0.15) is 0 Å². The molecule has 8 nitrogen and oxygen atoms in total. The number of nitrogens with zero attached hydrogens (tertiary/aromatic N) is 1. The predicted molar refractivity (Wildman–Crippen MR) is 128 cm³/mol. The van der Waals surface area contributed by atoms with Crippen LogP contribution in [0.2, 0.25) is 0 Å². The number of benzene rings is 3. The molecule has 34 heavy (non-hydrogen) atoms. The molecule has 2 atom stereocenters. The fourth-order valence-electron chi connectivity index (χ4n) is 4.09. The molecule has 3 aromatic carbocycles. The molecule has 1 saturated heterocycles.